The van der Waals surface area contributed by atoms with E-state index in [1.165, 1.54) is 87.5 Å². The van der Waals surface area contributed by atoms with Crippen LogP contribution < -0.4 is 20.7 Å². The Morgan fingerprint density at radius 3 is 0.815 bits per heavy atom. The van der Waals surface area contributed by atoms with Crippen molar-refractivity contribution in [2.45, 2.75) is 120 Å². The molecule has 4 radical (unpaired) electrons. The minimum Gasteiger partial charge on any atom is -0.360 e. The molecule has 0 saturated heterocycles. The third-order valence-electron chi connectivity index (χ3n) is 22.6. The Labute approximate surface area is 920 Å². The second kappa shape index (κ2) is 57.0. The van der Waals surface area contributed by atoms with E-state index in [4.69, 9.17) is 19.9 Å². The largest absolute Gasteiger partial charge is 0.360 e. The monoisotopic (exact) mass is 2690 g/mol. The summed E-state index contributed by atoms with van der Waals surface area (Å²) in [6.07, 6.45) is 31.4. The van der Waals surface area contributed by atoms with E-state index in [2.05, 4.69) is 403 Å². The zero-order valence-corrected chi connectivity index (χ0v) is 98.9. The molecule has 8 aromatic carbocycles. The molecule has 0 saturated carbocycles. The fourth-order valence-corrected chi connectivity index (χ4v) is 22.5. The number of benzene rings is 8. The van der Waals surface area contributed by atoms with E-state index < -0.39 is 32.3 Å². The molecule has 0 fully saturated rings. The number of nitrogens with zero attached hydrogens (tertiary/aromatic N) is 16. The Morgan fingerprint density at radius 2 is 0.534 bits per heavy atom. The third kappa shape index (κ3) is 34.7. The molecule has 24 heteroatoms. The molecule has 0 aliphatic rings. The normalized spacial score (nSPS) is 10.6. The van der Waals surface area contributed by atoms with Gasteiger partial charge in [-0.1, -0.05) is 284 Å². The predicted octanol–water partition coefficient (Wildman–Crippen LogP) is 26.4. The molecule has 0 atom stereocenters. The minimum atomic E-state index is -1.34. The second-order valence-corrected chi connectivity index (χ2v) is 57.9. The standard InChI is InChI=1S/4C21H22NSi.C11H10N3.2C9H6N3.C9H7N3.4Ir/c4*1-16-13-20(22-15-21(16)23(2,3)4)19-12-8-11-18(14-19)17-9-6-5-7-10-17;1-8-4-5-10(9(2)14-8)11-12-6-3-7-13-11;1-4-11-9(12-5-1)8-2-6-10-7-3-8;1-3-8(7-10-4-1)9-11-5-2-6-12-9;1-2-5-10-8(4-1)9-11-6-3-7-12-9;;;;/h4*5-11,13-15H,1-4H3;3-4,6-7H,1-2H3;1-2,4-7H;1-6H;1-7H;;;;/q7*-1;;;;;. The first-order valence-corrected chi connectivity index (χ1v) is 61.2. The van der Waals surface area contributed by atoms with Crippen LogP contribution in [0, 0.1) is 84.1 Å². The average Bonchev–Trinajstić information content (AvgIpc) is 0.813. The van der Waals surface area contributed by atoms with E-state index in [1.807, 2.05) is 105 Å². The van der Waals surface area contributed by atoms with Crippen LogP contribution >= 0.6 is 0 Å². The predicted molar refractivity (Wildman–Crippen MR) is 594 cm³/mol. The van der Waals surface area contributed by atoms with E-state index in [0.29, 0.717) is 23.3 Å². The van der Waals surface area contributed by atoms with Crippen molar-refractivity contribution >= 4 is 53.0 Å². The Bertz CT molecular complexity index is 6500. The van der Waals surface area contributed by atoms with Crippen LogP contribution in [0.1, 0.15) is 33.6 Å². The van der Waals surface area contributed by atoms with Gasteiger partial charge in [0.2, 0.25) is 0 Å². The van der Waals surface area contributed by atoms with Gasteiger partial charge in [0.15, 0.2) is 5.82 Å². The first-order chi connectivity index (χ1) is 68.5. The number of hydrogen-bond donors (Lipinski definition) is 0. The van der Waals surface area contributed by atoms with Gasteiger partial charge >= 0.3 is 0 Å². The topological polar surface area (TPSA) is 206 Å². The molecule has 12 aromatic heterocycles. The van der Waals surface area contributed by atoms with Gasteiger partial charge in [-0.15, -0.1) is 177 Å². The van der Waals surface area contributed by atoms with Crippen LogP contribution in [-0.2, 0) is 80.4 Å². The van der Waals surface area contributed by atoms with Gasteiger partial charge in [0.1, 0.15) is 5.69 Å². The summed E-state index contributed by atoms with van der Waals surface area (Å²) in [6.45, 7) is 41.0. The second-order valence-electron chi connectivity index (χ2n) is 37.8. The van der Waals surface area contributed by atoms with E-state index in [1.54, 1.807) is 98.6 Å². The molecule has 0 amide bonds. The SMILES string of the molecule is Cc1c[c-]c(-c2ncccn2)c(C)n1.Cc1cc(-c2[c-]ccc(-c3ccccc3)c2)ncc1[Si](C)(C)C.Cc1cc(-c2[c-]ccc(-c3ccccc3)c2)ncc1[Si](C)(C)C.Cc1cc(-c2[c-]ccc(-c3ccccc3)c2)ncc1[Si](C)(C)C.Cc1cc(-c2[c-]ccc(-c3ccccc3)c2)ncc1[Si](C)(C)C.[Ir].[Ir].[Ir].[Ir].[c-]1cnccc1-c1ncccn1.[c-]1ncccc1-c1ncccn1.c1ccc(-c2ncccn2)nc1. The summed E-state index contributed by atoms with van der Waals surface area (Å²) in [7, 11) is -5.35. The molecule has 0 unspecified atom stereocenters. The summed E-state index contributed by atoms with van der Waals surface area (Å²) in [6, 6.07) is 115. The Kier molecular flexibility index (Phi) is 45.4. The van der Waals surface area contributed by atoms with Gasteiger partial charge in [-0.3, -0.25) is 29.9 Å². The van der Waals surface area contributed by atoms with Crippen LogP contribution in [0.25, 0.3) is 135 Å². The summed E-state index contributed by atoms with van der Waals surface area (Å²) in [4.78, 5) is 67.8. The van der Waals surface area contributed by atoms with Crippen molar-refractivity contribution in [3.05, 3.63) is 461 Å². The molecule has 146 heavy (non-hydrogen) atoms. The van der Waals surface area contributed by atoms with Crippen molar-refractivity contribution in [3.63, 3.8) is 0 Å². The first kappa shape index (κ1) is 116. The van der Waals surface area contributed by atoms with E-state index in [9.17, 15) is 0 Å². The quantitative estimate of drug-likeness (QED) is 0.0651. The van der Waals surface area contributed by atoms with Crippen LogP contribution in [0.5, 0.6) is 0 Å². The van der Waals surface area contributed by atoms with Gasteiger partial charge in [0.25, 0.3) is 0 Å². The van der Waals surface area contributed by atoms with Crippen LogP contribution in [-0.4, -0.2) is 112 Å². The molecular weight excluding hydrogens is 2570 g/mol. The van der Waals surface area contributed by atoms with E-state index in [0.717, 1.165) is 78.8 Å². The van der Waals surface area contributed by atoms with Gasteiger partial charge in [0, 0.05) is 167 Å². The van der Waals surface area contributed by atoms with Gasteiger partial charge in [-0.05, 0) is 160 Å². The van der Waals surface area contributed by atoms with Gasteiger partial charge in [-0.25, -0.2) is 9.97 Å². The van der Waals surface area contributed by atoms with Crippen molar-refractivity contribution in [3.8, 4) is 135 Å². The third-order valence-corrected chi connectivity index (χ3v) is 31.2. The van der Waals surface area contributed by atoms with Crippen molar-refractivity contribution < 1.29 is 80.4 Å². The number of aryl methyl sites for hydroxylation is 6. The van der Waals surface area contributed by atoms with Crippen LogP contribution in [0.4, 0.5) is 0 Å². The summed E-state index contributed by atoms with van der Waals surface area (Å²) < 4.78 is 0. The zero-order chi connectivity index (χ0) is 100. The van der Waals surface area contributed by atoms with Gasteiger partial charge < -0.3 is 39.9 Å². The maximum Gasteiger partial charge on any atom is 0.178 e. The molecule has 0 bridgehead atoms. The smallest absolute Gasteiger partial charge is 0.178 e. The number of aromatic nitrogens is 16. The summed E-state index contributed by atoms with van der Waals surface area (Å²) in [5.41, 5.74) is 28.5. The molecule has 0 spiro atoms. The van der Waals surface area contributed by atoms with Crippen molar-refractivity contribution in [2.75, 3.05) is 0 Å². The maximum absolute atomic E-state index is 4.71. The summed E-state index contributed by atoms with van der Waals surface area (Å²) in [5, 5.41) is 5.72. The van der Waals surface area contributed by atoms with E-state index >= 15 is 0 Å². The first-order valence-electron chi connectivity index (χ1n) is 47.2. The molecule has 16 nitrogen and oxygen atoms in total. The van der Waals surface area contributed by atoms with Gasteiger partial charge in [-0.2, -0.15) is 6.07 Å². The van der Waals surface area contributed by atoms with Crippen molar-refractivity contribution in [1.29, 1.82) is 0 Å². The summed E-state index contributed by atoms with van der Waals surface area (Å²) in [5.74, 6) is 2.68. The summed E-state index contributed by atoms with van der Waals surface area (Å²) >= 11 is 0. The molecule has 0 aliphatic carbocycles. The van der Waals surface area contributed by atoms with Crippen LogP contribution in [0.2, 0.25) is 78.6 Å². The molecule has 0 aliphatic heterocycles. The zero-order valence-electron chi connectivity index (χ0n) is 85.4. The maximum atomic E-state index is 4.71. The number of rotatable bonds is 16. The number of pyridine rings is 8. The minimum absolute atomic E-state index is 0. The molecule has 20 rings (SSSR count). The Balaban J connectivity index is 0.000000188. The van der Waals surface area contributed by atoms with Crippen molar-refractivity contribution in [2.24, 2.45) is 0 Å². The van der Waals surface area contributed by atoms with E-state index in [-0.39, 0.29) is 80.4 Å². The Hall–Kier alpha value is -13.3. The number of hydrogen-bond acceptors (Lipinski definition) is 16. The molecular formula is C122H117Ir4N16Si4-7. The average molecular weight is 2690 g/mol. The molecule has 744 valence electrons. The fraction of sp³-hybridized carbons (Fsp3) is 0.148. The molecule has 0 N–H and O–H groups in total. The van der Waals surface area contributed by atoms with Crippen molar-refractivity contribution in [1.82, 2.24) is 79.7 Å². The van der Waals surface area contributed by atoms with Crippen LogP contribution in [0.15, 0.2) is 384 Å². The van der Waals surface area contributed by atoms with Gasteiger partial charge in [0.05, 0.1) is 43.9 Å². The fourth-order valence-electron chi connectivity index (χ4n) is 15.6. The molecule has 20 aromatic rings. The molecule has 12 heterocycles. The van der Waals surface area contributed by atoms with Crippen LogP contribution in [0.3, 0.4) is 0 Å². The Morgan fingerprint density at radius 1 is 0.226 bits per heavy atom.